The van der Waals surface area contributed by atoms with Crippen molar-refractivity contribution in [2.75, 3.05) is 11.4 Å². The first kappa shape index (κ1) is 11.6. The van der Waals surface area contributed by atoms with Gasteiger partial charge < -0.3 is 10.0 Å². The van der Waals surface area contributed by atoms with Gasteiger partial charge in [-0.15, -0.1) is 0 Å². The average Bonchev–Trinajstić information content (AvgIpc) is 3.11. The number of carboxylic acid groups (broad SMARTS) is 1. The standard InChI is InChI=1S/C13H15NO3/c1-2-14(9-6-4-3-5-7-9)12(15)10-8-11(10)13(16)17/h3-7,10-11H,2,8H2,1H3,(H,16,17)/t10-,11-/m0/s1. The summed E-state index contributed by atoms with van der Waals surface area (Å²) in [6, 6.07) is 9.35. The van der Waals surface area contributed by atoms with Crippen LogP contribution in [-0.4, -0.2) is 23.5 Å². The molecular weight excluding hydrogens is 218 g/mol. The zero-order valence-corrected chi connectivity index (χ0v) is 9.67. The van der Waals surface area contributed by atoms with Crippen LogP contribution in [0.15, 0.2) is 30.3 Å². The fourth-order valence-corrected chi connectivity index (χ4v) is 2.01. The molecular formula is C13H15NO3. The van der Waals surface area contributed by atoms with Crippen molar-refractivity contribution in [3.63, 3.8) is 0 Å². The third kappa shape index (κ3) is 2.30. The van der Waals surface area contributed by atoms with Crippen molar-refractivity contribution in [3.05, 3.63) is 30.3 Å². The van der Waals surface area contributed by atoms with Crippen LogP contribution in [0.5, 0.6) is 0 Å². The lowest BCUT2D eigenvalue weighted by Crippen LogP contribution is -2.32. The minimum atomic E-state index is -0.868. The highest BCUT2D eigenvalue weighted by Crippen LogP contribution is 2.40. The number of rotatable bonds is 4. The summed E-state index contributed by atoms with van der Waals surface area (Å²) in [6.07, 6.45) is 0.470. The predicted octanol–water partition coefficient (Wildman–Crippen LogP) is 1.76. The van der Waals surface area contributed by atoms with E-state index in [0.717, 1.165) is 5.69 Å². The Kier molecular flexibility index (Phi) is 3.13. The molecule has 1 aliphatic carbocycles. The van der Waals surface area contributed by atoms with E-state index in [4.69, 9.17) is 5.11 Å². The number of carbonyl (C=O) groups excluding carboxylic acids is 1. The fraction of sp³-hybridized carbons (Fsp3) is 0.385. The molecule has 0 heterocycles. The first-order chi connectivity index (χ1) is 8.15. The molecule has 0 spiro atoms. The quantitative estimate of drug-likeness (QED) is 0.862. The van der Waals surface area contributed by atoms with Gasteiger partial charge in [-0.1, -0.05) is 18.2 Å². The highest BCUT2D eigenvalue weighted by atomic mass is 16.4. The lowest BCUT2D eigenvalue weighted by atomic mass is 10.2. The molecule has 0 bridgehead atoms. The van der Waals surface area contributed by atoms with Gasteiger partial charge >= 0.3 is 5.97 Å². The van der Waals surface area contributed by atoms with E-state index >= 15 is 0 Å². The summed E-state index contributed by atoms with van der Waals surface area (Å²) in [6.45, 7) is 2.45. The molecule has 2 atom stereocenters. The molecule has 0 radical (unpaired) electrons. The summed E-state index contributed by atoms with van der Waals surface area (Å²) in [7, 11) is 0. The van der Waals surface area contributed by atoms with E-state index in [1.165, 1.54) is 0 Å². The second kappa shape index (κ2) is 4.57. The molecule has 1 saturated carbocycles. The Balaban J connectivity index is 2.10. The Hall–Kier alpha value is -1.84. The van der Waals surface area contributed by atoms with Crippen molar-refractivity contribution < 1.29 is 14.7 Å². The molecule has 1 amide bonds. The van der Waals surface area contributed by atoms with Crippen molar-refractivity contribution >= 4 is 17.6 Å². The molecule has 2 rings (SSSR count). The summed E-state index contributed by atoms with van der Waals surface area (Å²) in [5, 5.41) is 8.83. The highest BCUT2D eigenvalue weighted by Gasteiger charge is 2.49. The molecule has 17 heavy (non-hydrogen) atoms. The van der Waals surface area contributed by atoms with Gasteiger partial charge in [-0.3, -0.25) is 9.59 Å². The zero-order valence-electron chi connectivity index (χ0n) is 9.67. The van der Waals surface area contributed by atoms with Gasteiger partial charge in [0.05, 0.1) is 11.8 Å². The molecule has 1 aliphatic rings. The summed E-state index contributed by atoms with van der Waals surface area (Å²) in [5.41, 5.74) is 0.830. The SMILES string of the molecule is CCN(C(=O)[C@H]1C[C@@H]1C(=O)O)c1ccccc1. The number of para-hydroxylation sites is 1. The Labute approximate surface area is 99.9 Å². The molecule has 1 N–H and O–H groups in total. The Bertz CT molecular complexity index is 430. The van der Waals surface area contributed by atoms with Crippen LogP contribution in [0.2, 0.25) is 0 Å². The Morgan fingerprint density at radius 1 is 1.29 bits per heavy atom. The minimum Gasteiger partial charge on any atom is -0.481 e. The van der Waals surface area contributed by atoms with E-state index in [0.29, 0.717) is 13.0 Å². The van der Waals surface area contributed by atoms with Crippen LogP contribution in [-0.2, 0) is 9.59 Å². The number of hydrogen-bond donors (Lipinski definition) is 1. The molecule has 4 heteroatoms. The van der Waals surface area contributed by atoms with Gasteiger partial charge in [0.15, 0.2) is 0 Å². The minimum absolute atomic E-state index is 0.0777. The predicted molar refractivity (Wildman–Crippen MR) is 63.7 cm³/mol. The summed E-state index contributed by atoms with van der Waals surface area (Å²) in [5.74, 6) is -1.77. The third-order valence-electron chi connectivity index (χ3n) is 3.07. The molecule has 0 saturated heterocycles. The molecule has 90 valence electrons. The van der Waals surface area contributed by atoms with E-state index in [1.807, 2.05) is 37.3 Å². The van der Waals surface area contributed by atoms with E-state index < -0.39 is 11.9 Å². The normalized spacial score (nSPS) is 21.9. The molecule has 0 unspecified atom stereocenters. The number of carboxylic acids is 1. The number of carbonyl (C=O) groups is 2. The van der Waals surface area contributed by atoms with Crippen LogP contribution in [0.25, 0.3) is 0 Å². The number of amides is 1. The monoisotopic (exact) mass is 233 g/mol. The summed E-state index contributed by atoms with van der Waals surface area (Å²) in [4.78, 5) is 24.5. The summed E-state index contributed by atoms with van der Waals surface area (Å²) >= 11 is 0. The smallest absolute Gasteiger partial charge is 0.307 e. The van der Waals surface area contributed by atoms with Gasteiger partial charge in [-0.25, -0.2) is 0 Å². The number of anilines is 1. The Morgan fingerprint density at radius 3 is 2.41 bits per heavy atom. The van der Waals surface area contributed by atoms with Crippen LogP contribution < -0.4 is 4.90 Å². The van der Waals surface area contributed by atoms with Gasteiger partial charge in [-0.2, -0.15) is 0 Å². The second-order valence-corrected chi connectivity index (χ2v) is 4.20. The zero-order chi connectivity index (χ0) is 12.4. The number of benzene rings is 1. The number of nitrogens with zero attached hydrogens (tertiary/aromatic N) is 1. The van der Waals surface area contributed by atoms with Crippen LogP contribution in [0.4, 0.5) is 5.69 Å². The van der Waals surface area contributed by atoms with Crippen molar-refractivity contribution in [2.45, 2.75) is 13.3 Å². The molecule has 0 aromatic heterocycles. The first-order valence-electron chi connectivity index (χ1n) is 5.74. The van der Waals surface area contributed by atoms with Crippen molar-refractivity contribution in [1.29, 1.82) is 0 Å². The van der Waals surface area contributed by atoms with Gasteiger partial charge in [0.2, 0.25) is 5.91 Å². The van der Waals surface area contributed by atoms with Gasteiger partial charge in [0, 0.05) is 12.2 Å². The summed E-state index contributed by atoms with van der Waals surface area (Å²) < 4.78 is 0. The van der Waals surface area contributed by atoms with Gasteiger partial charge in [0.25, 0.3) is 0 Å². The maximum absolute atomic E-state index is 12.1. The lowest BCUT2D eigenvalue weighted by Gasteiger charge is -2.20. The third-order valence-corrected chi connectivity index (χ3v) is 3.07. The van der Waals surface area contributed by atoms with E-state index in [2.05, 4.69) is 0 Å². The van der Waals surface area contributed by atoms with Crippen molar-refractivity contribution in [3.8, 4) is 0 Å². The van der Waals surface area contributed by atoms with Crippen LogP contribution in [0.1, 0.15) is 13.3 Å². The lowest BCUT2D eigenvalue weighted by molar-refractivity contribution is -0.140. The van der Waals surface area contributed by atoms with Gasteiger partial charge in [-0.05, 0) is 25.5 Å². The number of hydrogen-bond acceptors (Lipinski definition) is 2. The van der Waals surface area contributed by atoms with Crippen molar-refractivity contribution in [2.24, 2.45) is 11.8 Å². The highest BCUT2D eigenvalue weighted by molar-refractivity contribution is 6.00. The molecule has 1 aromatic carbocycles. The largest absolute Gasteiger partial charge is 0.481 e. The van der Waals surface area contributed by atoms with Gasteiger partial charge in [0.1, 0.15) is 0 Å². The van der Waals surface area contributed by atoms with Crippen LogP contribution in [0.3, 0.4) is 0 Å². The maximum Gasteiger partial charge on any atom is 0.307 e. The fourth-order valence-electron chi connectivity index (χ4n) is 2.01. The average molecular weight is 233 g/mol. The number of aliphatic carboxylic acids is 1. The molecule has 1 fully saturated rings. The second-order valence-electron chi connectivity index (χ2n) is 4.20. The Morgan fingerprint density at radius 2 is 1.94 bits per heavy atom. The molecule has 4 nitrogen and oxygen atoms in total. The molecule has 0 aliphatic heterocycles. The van der Waals surface area contributed by atoms with Crippen LogP contribution in [0, 0.1) is 11.8 Å². The topological polar surface area (TPSA) is 57.6 Å². The van der Waals surface area contributed by atoms with E-state index in [-0.39, 0.29) is 11.8 Å². The van der Waals surface area contributed by atoms with E-state index in [9.17, 15) is 9.59 Å². The molecule has 1 aromatic rings. The van der Waals surface area contributed by atoms with Crippen LogP contribution >= 0.6 is 0 Å². The van der Waals surface area contributed by atoms with E-state index in [1.54, 1.807) is 4.90 Å². The maximum atomic E-state index is 12.1. The van der Waals surface area contributed by atoms with Crippen molar-refractivity contribution in [1.82, 2.24) is 0 Å². The first-order valence-corrected chi connectivity index (χ1v) is 5.74.